The fourth-order valence-corrected chi connectivity index (χ4v) is 2.81. The van der Waals surface area contributed by atoms with Crippen molar-refractivity contribution in [1.82, 2.24) is 5.32 Å². The van der Waals surface area contributed by atoms with Gasteiger partial charge in [0, 0.05) is 19.6 Å². The summed E-state index contributed by atoms with van der Waals surface area (Å²) in [5.74, 6) is 2.44. The molecule has 2 rings (SSSR count). The van der Waals surface area contributed by atoms with Gasteiger partial charge in [-0.15, -0.1) is 0 Å². The minimum atomic E-state index is 0.399. The molecule has 0 aliphatic carbocycles. The Morgan fingerprint density at radius 3 is 3.00 bits per heavy atom. The molecule has 17 heavy (non-hydrogen) atoms. The molecule has 3 heteroatoms. The summed E-state index contributed by atoms with van der Waals surface area (Å²) in [6, 6.07) is 0.399. The van der Waals surface area contributed by atoms with E-state index in [1.54, 1.807) is 0 Å². The molecule has 0 aromatic heterocycles. The van der Waals surface area contributed by atoms with E-state index in [1.807, 2.05) is 0 Å². The van der Waals surface area contributed by atoms with Gasteiger partial charge in [-0.05, 0) is 37.3 Å². The van der Waals surface area contributed by atoms with Gasteiger partial charge in [0.05, 0.1) is 12.6 Å². The number of hydrogen-bond donors (Lipinski definition) is 1. The van der Waals surface area contributed by atoms with E-state index in [2.05, 4.69) is 25.2 Å². The molecule has 2 heterocycles. The van der Waals surface area contributed by atoms with Crippen molar-refractivity contribution in [1.29, 1.82) is 0 Å². The maximum absolute atomic E-state index is 5.77. The van der Waals surface area contributed by atoms with Crippen LogP contribution in [0.4, 0.5) is 0 Å². The summed E-state index contributed by atoms with van der Waals surface area (Å²) in [7, 11) is 0. The highest BCUT2D eigenvalue weighted by Crippen LogP contribution is 2.30. The SMILES string of the molecule is CCCNC(C1=CCCO1)C1CCOCC1C. The van der Waals surface area contributed by atoms with Gasteiger partial charge in [-0.3, -0.25) is 0 Å². The Labute approximate surface area is 105 Å². The van der Waals surface area contributed by atoms with Crippen LogP contribution in [0.15, 0.2) is 11.8 Å². The fraction of sp³-hybridized carbons (Fsp3) is 0.857. The van der Waals surface area contributed by atoms with Crippen LogP contribution in [0.5, 0.6) is 0 Å². The zero-order valence-corrected chi connectivity index (χ0v) is 11.1. The van der Waals surface area contributed by atoms with Crippen molar-refractivity contribution in [2.45, 2.75) is 39.2 Å². The lowest BCUT2D eigenvalue weighted by atomic mass is 9.82. The first-order valence-electron chi connectivity index (χ1n) is 6.97. The predicted molar refractivity (Wildman–Crippen MR) is 68.8 cm³/mol. The largest absolute Gasteiger partial charge is 0.496 e. The first-order chi connectivity index (χ1) is 8.33. The van der Waals surface area contributed by atoms with E-state index in [-0.39, 0.29) is 0 Å². The lowest BCUT2D eigenvalue weighted by molar-refractivity contribution is 0.00854. The zero-order valence-electron chi connectivity index (χ0n) is 11.1. The highest BCUT2D eigenvalue weighted by atomic mass is 16.5. The predicted octanol–water partition coefficient (Wildman–Crippen LogP) is 2.33. The molecule has 1 N–H and O–H groups in total. The van der Waals surface area contributed by atoms with Gasteiger partial charge in [0.1, 0.15) is 5.76 Å². The summed E-state index contributed by atoms with van der Waals surface area (Å²) in [6.07, 6.45) is 5.64. The summed E-state index contributed by atoms with van der Waals surface area (Å²) in [5.41, 5.74) is 0. The smallest absolute Gasteiger partial charge is 0.109 e. The number of ether oxygens (including phenoxy) is 2. The average molecular weight is 239 g/mol. The van der Waals surface area contributed by atoms with Crippen molar-refractivity contribution in [3.8, 4) is 0 Å². The molecular formula is C14H25NO2. The number of rotatable bonds is 5. The van der Waals surface area contributed by atoms with Crippen LogP contribution in [0.2, 0.25) is 0 Å². The number of hydrogen-bond acceptors (Lipinski definition) is 3. The van der Waals surface area contributed by atoms with E-state index in [0.717, 1.165) is 39.2 Å². The Balaban J connectivity index is 2.02. The van der Waals surface area contributed by atoms with Gasteiger partial charge in [0.25, 0.3) is 0 Å². The molecule has 1 saturated heterocycles. The fourth-order valence-electron chi connectivity index (χ4n) is 2.81. The van der Waals surface area contributed by atoms with Gasteiger partial charge in [-0.25, -0.2) is 0 Å². The summed E-state index contributed by atoms with van der Waals surface area (Å²) in [4.78, 5) is 0. The molecule has 1 fully saturated rings. The molecule has 0 amide bonds. The van der Waals surface area contributed by atoms with Crippen molar-refractivity contribution in [2.24, 2.45) is 11.8 Å². The standard InChI is InChI=1S/C14H25NO2/c1-3-7-15-14(13-5-4-8-17-13)12-6-9-16-10-11(12)2/h5,11-12,14-15H,3-4,6-10H2,1-2H3. The Hall–Kier alpha value is -0.540. The molecule has 2 aliphatic rings. The molecule has 0 spiro atoms. The van der Waals surface area contributed by atoms with Gasteiger partial charge in [0.2, 0.25) is 0 Å². The summed E-state index contributed by atoms with van der Waals surface area (Å²) in [5, 5.41) is 3.66. The molecule has 3 atom stereocenters. The highest BCUT2D eigenvalue weighted by molar-refractivity contribution is 5.10. The van der Waals surface area contributed by atoms with Gasteiger partial charge in [-0.1, -0.05) is 13.8 Å². The van der Waals surface area contributed by atoms with Crippen molar-refractivity contribution >= 4 is 0 Å². The van der Waals surface area contributed by atoms with Crippen molar-refractivity contribution in [2.75, 3.05) is 26.4 Å². The van der Waals surface area contributed by atoms with Gasteiger partial charge in [-0.2, -0.15) is 0 Å². The van der Waals surface area contributed by atoms with Crippen LogP contribution in [-0.2, 0) is 9.47 Å². The van der Waals surface area contributed by atoms with E-state index in [9.17, 15) is 0 Å². The van der Waals surface area contributed by atoms with Crippen LogP contribution in [0.3, 0.4) is 0 Å². The van der Waals surface area contributed by atoms with Crippen LogP contribution >= 0.6 is 0 Å². The molecule has 0 aromatic rings. The third kappa shape index (κ3) is 3.23. The first kappa shape index (κ1) is 12.9. The minimum absolute atomic E-state index is 0.399. The first-order valence-corrected chi connectivity index (χ1v) is 6.97. The molecule has 0 saturated carbocycles. The Morgan fingerprint density at radius 2 is 2.35 bits per heavy atom. The van der Waals surface area contributed by atoms with E-state index in [1.165, 1.54) is 12.2 Å². The third-order valence-electron chi connectivity index (χ3n) is 3.79. The summed E-state index contributed by atoms with van der Waals surface area (Å²) in [6.45, 7) is 8.21. The molecule has 0 bridgehead atoms. The lowest BCUT2D eigenvalue weighted by Gasteiger charge is -2.36. The maximum atomic E-state index is 5.77. The van der Waals surface area contributed by atoms with Gasteiger partial charge >= 0.3 is 0 Å². The molecule has 0 radical (unpaired) electrons. The van der Waals surface area contributed by atoms with E-state index in [0.29, 0.717) is 17.9 Å². The normalized spacial score (nSPS) is 30.8. The topological polar surface area (TPSA) is 30.5 Å². The molecular weight excluding hydrogens is 214 g/mol. The molecule has 2 aliphatic heterocycles. The van der Waals surface area contributed by atoms with Crippen LogP contribution < -0.4 is 5.32 Å². The van der Waals surface area contributed by atoms with Crippen LogP contribution in [-0.4, -0.2) is 32.4 Å². The average Bonchev–Trinajstić information content (AvgIpc) is 2.85. The molecule has 98 valence electrons. The van der Waals surface area contributed by atoms with Crippen molar-refractivity contribution < 1.29 is 9.47 Å². The molecule has 0 aromatic carbocycles. The van der Waals surface area contributed by atoms with Crippen molar-refractivity contribution in [3.63, 3.8) is 0 Å². The van der Waals surface area contributed by atoms with E-state index in [4.69, 9.17) is 9.47 Å². The third-order valence-corrected chi connectivity index (χ3v) is 3.79. The Kier molecular flexibility index (Phi) is 4.86. The molecule has 3 unspecified atom stereocenters. The summed E-state index contributed by atoms with van der Waals surface area (Å²) < 4.78 is 11.3. The van der Waals surface area contributed by atoms with E-state index < -0.39 is 0 Å². The van der Waals surface area contributed by atoms with Crippen molar-refractivity contribution in [3.05, 3.63) is 11.8 Å². The van der Waals surface area contributed by atoms with Crippen LogP contribution in [0, 0.1) is 11.8 Å². The van der Waals surface area contributed by atoms with Gasteiger partial charge < -0.3 is 14.8 Å². The second-order valence-corrected chi connectivity index (χ2v) is 5.18. The van der Waals surface area contributed by atoms with E-state index >= 15 is 0 Å². The van der Waals surface area contributed by atoms with Crippen LogP contribution in [0.1, 0.15) is 33.1 Å². The summed E-state index contributed by atoms with van der Waals surface area (Å²) >= 11 is 0. The molecule has 3 nitrogen and oxygen atoms in total. The quantitative estimate of drug-likeness (QED) is 0.798. The monoisotopic (exact) mass is 239 g/mol. The minimum Gasteiger partial charge on any atom is -0.496 e. The lowest BCUT2D eigenvalue weighted by Crippen LogP contribution is -2.44. The Bertz CT molecular complexity index is 265. The van der Waals surface area contributed by atoms with Crippen LogP contribution in [0.25, 0.3) is 0 Å². The second kappa shape index (κ2) is 6.41. The maximum Gasteiger partial charge on any atom is 0.109 e. The number of nitrogens with one attached hydrogen (secondary N) is 1. The van der Waals surface area contributed by atoms with Gasteiger partial charge in [0.15, 0.2) is 0 Å². The second-order valence-electron chi connectivity index (χ2n) is 5.18. The Morgan fingerprint density at radius 1 is 1.47 bits per heavy atom. The highest BCUT2D eigenvalue weighted by Gasteiger charge is 2.33. The zero-order chi connectivity index (χ0) is 12.1.